The molecule has 2 saturated heterocycles. The standard InChI is InChI=1S/C13H25N3/c1-2-12(10-14-7-1)15-11-5-8-16(9-6-11)13-3-4-13/h11-15H,1-10H2. The molecule has 0 aromatic carbocycles. The Kier molecular flexibility index (Phi) is 3.46. The fourth-order valence-corrected chi connectivity index (χ4v) is 3.20. The summed E-state index contributed by atoms with van der Waals surface area (Å²) in [5.74, 6) is 0. The van der Waals surface area contributed by atoms with Crippen molar-refractivity contribution in [3.8, 4) is 0 Å². The summed E-state index contributed by atoms with van der Waals surface area (Å²) < 4.78 is 0. The van der Waals surface area contributed by atoms with Gasteiger partial charge in [-0.25, -0.2) is 0 Å². The molecule has 0 aromatic rings. The van der Waals surface area contributed by atoms with Crippen LogP contribution >= 0.6 is 0 Å². The van der Waals surface area contributed by atoms with Gasteiger partial charge in [0.1, 0.15) is 0 Å². The molecule has 16 heavy (non-hydrogen) atoms. The molecule has 1 aliphatic carbocycles. The zero-order valence-electron chi connectivity index (χ0n) is 10.3. The van der Waals surface area contributed by atoms with Gasteiger partial charge in [-0.05, 0) is 58.2 Å². The lowest BCUT2D eigenvalue weighted by Gasteiger charge is -2.35. The molecule has 3 heteroatoms. The second-order valence-electron chi connectivity index (χ2n) is 5.75. The maximum atomic E-state index is 3.85. The van der Waals surface area contributed by atoms with Crippen molar-refractivity contribution >= 4 is 0 Å². The third-order valence-electron chi connectivity index (χ3n) is 4.36. The third kappa shape index (κ3) is 2.76. The fourth-order valence-electron chi connectivity index (χ4n) is 3.20. The smallest absolute Gasteiger partial charge is 0.0195 e. The van der Waals surface area contributed by atoms with Gasteiger partial charge < -0.3 is 15.5 Å². The van der Waals surface area contributed by atoms with Gasteiger partial charge in [0.25, 0.3) is 0 Å². The number of likely N-dealkylation sites (tertiary alicyclic amines) is 1. The summed E-state index contributed by atoms with van der Waals surface area (Å²) in [7, 11) is 0. The van der Waals surface area contributed by atoms with Gasteiger partial charge in [-0.1, -0.05) is 0 Å². The van der Waals surface area contributed by atoms with E-state index in [-0.39, 0.29) is 0 Å². The number of piperidine rings is 2. The van der Waals surface area contributed by atoms with Crippen molar-refractivity contribution in [1.29, 1.82) is 0 Å². The Labute approximate surface area is 99.0 Å². The minimum absolute atomic E-state index is 0.742. The lowest BCUT2D eigenvalue weighted by molar-refractivity contribution is 0.178. The van der Waals surface area contributed by atoms with Crippen LogP contribution in [-0.2, 0) is 0 Å². The summed E-state index contributed by atoms with van der Waals surface area (Å²) in [5, 5.41) is 7.34. The van der Waals surface area contributed by atoms with E-state index in [4.69, 9.17) is 0 Å². The molecule has 2 heterocycles. The highest BCUT2D eigenvalue weighted by Gasteiger charge is 2.32. The Morgan fingerprint density at radius 2 is 1.75 bits per heavy atom. The van der Waals surface area contributed by atoms with E-state index in [1.807, 2.05) is 0 Å². The van der Waals surface area contributed by atoms with E-state index >= 15 is 0 Å². The van der Waals surface area contributed by atoms with E-state index in [2.05, 4.69) is 15.5 Å². The molecule has 3 nitrogen and oxygen atoms in total. The number of hydrogen-bond acceptors (Lipinski definition) is 3. The van der Waals surface area contributed by atoms with Crippen LogP contribution in [-0.4, -0.2) is 49.2 Å². The van der Waals surface area contributed by atoms with Gasteiger partial charge in [-0.15, -0.1) is 0 Å². The molecule has 92 valence electrons. The summed E-state index contributed by atoms with van der Waals surface area (Å²) in [6, 6.07) is 2.50. The molecule has 0 aromatic heterocycles. The van der Waals surface area contributed by atoms with Crippen LogP contribution in [0, 0.1) is 0 Å². The molecule has 0 radical (unpaired) electrons. The highest BCUT2D eigenvalue weighted by molar-refractivity contribution is 4.90. The summed E-state index contributed by atoms with van der Waals surface area (Å²) in [6.07, 6.45) is 8.38. The molecule has 3 fully saturated rings. The van der Waals surface area contributed by atoms with Crippen LogP contribution in [0.15, 0.2) is 0 Å². The molecular weight excluding hydrogens is 198 g/mol. The predicted octanol–water partition coefficient (Wildman–Crippen LogP) is 0.955. The number of rotatable bonds is 3. The molecule has 2 aliphatic heterocycles. The second-order valence-corrected chi connectivity index (χ2v) is 5.75. The molecule has 2 N–H and O–H groups in total. The van der Waals surface area contributed by atoms with Crippen LogP contribution in [0.4, 0.5) is 0 Å². The van der Waals surface area contributed by atoms with E-state index in [0.717, 1.165) is 18.1 Å². The van der Waals surface area contributed by atoms with Crippen LogP contribution in [0.25, 0.3) is 0 Å². The SMILES string of the molecule is C1CNCC(NC2CCN(C3CC3)CC2)C1. The van der Waals surface area contributed by atoms with Gasteiger partial charge >= 0.3 is 0 Å². The first-order chi connectivity index (χ1) is 7.92. The van der Waals surface area contributed by atoms with Crippen molar-refractivity contribution in [2.45, 2.75) is 56.7 Å². The number of hydrogen-bond donors (Lipinski definition) is 2. The number of nitrogens with one attached hydrogen (secondary N) is 2. The highest BCUT2D eigenvalue weighted by atomic mass is 15.2. The maximum Gasteiger partial charge on any atom is 0.0195 e. The lowest BCUT2D eigenvalue weighted by Crippen LogP contribution is -2.51. The average Bonchev–Trinajstić information content (AvgIpc) is 3.15. The van der Waals surface area contributed by atoms with Gasteiger partial charge in [0.05, 0.1) is 0 Å². The van der Waals surface area contributed by atoms with Crippen LogP contribution in [0.1, 0.15) is 38.5 Å². The minimum atomic E-state index is 0.742. The van der Waals surface area contributed by atoms with Gasteiger partial charge in [0.2, 0.25) is 0 Å². The third-order valence-corrected chi connectivity index (χ3v) is 4.36. The van der Waals surface area contributed by atoms with Crippen molar-refractivity contribution < 1.29 is 0 Å². The van der Waals surface area contributed by atoms with E-state index in [1.54, 1.807) is 0 Å². The van der Waals surface area contributed by atoms with Gasteiger partial charge in [-0.3, -0.25) is 0 Å². The Hall–Kier alpha value is -0.120. The van der Waals surface area contributed by atoms with Gasteiger partial charge in [-0.2, -0.15) is 0 Å². The lowest BCUT2D eigenvalue weighted by atomic mass is 10.0. The van der Waals surface area contributed by atoms with E-state index in [1.165, 1.54) is 64.7 Å². The summed E-state index contributed by atoms with van der Waals surface area (Å²) >= 11 is 0. The molecule has 0 amide bonds. The quantitative estimate of drug-likeness (QED) is 0.746. The Bertz CT molecular complexity index is 213. The van der Waals surface area contributed by atoms with Crippen molar-refractivity contribution in [3.05, 3.63) is 0 Å². The first kappa shape index (κ1) is 11.0. The van der Waals surface area contributed by atoms with Crippen LogP contribution in [0.5, 0.6) is 0 Å². The second kappa shape index (κ2) is 5.03. The van der Waals surface area contributed by atoms with Gasteiger partial charge in [0.15, 0.2) is 0 Å². The molecule has 1 unspecified atom stereocenters. The minimum Gasteiger partial charge on any atom is -0.315 e. The Morgan fingerprint density at radius 1 is 0.938 bits per heavy atom. The van der Waals surface area contributed by atoms with Crippen molar-refractivity contribution in [2.24, 2.45) is 0 Å². The van der Waals surface area contributed by atoms with E-state index in [0.29, 0.717) is 0 Å². The van der Waals surface area contributed by atoms with Crippen molar-refractivity contribution in [2.75, 3.05) is 26.2 Å². The molecule has 3 aliphatic rings. The molecule has 1 saturated carbocycles. The molecule has 1 atom stereocenters. The normalized spacial score (nSPS) is 34.1. The van der Waals surface area contributed by atoms with Crippen LogP contribution in [0.3, 0.4) is 0 Å². The monoisotopic (exact) mass is 223 g/mol. The fraction of sp³-hybridized carbons (Fsp3) is 1.00. The van der Waals surface area contributed by atoms with E-state index in [9.17, 15) is 0 Å². The van der Waals surface area contributed by atoms with Gasteiger partial charge in [0, 0.05) is 24.7 Å². The topological polar surface area (TPSA) is 27.3 Å². The van der Waals surface area contributed by atoms with Crippen molar-refractivity contribution in [3.63, 3.8) is 0 Å². The highest BCUT2D eigenvalue weighted by Crippen LogP contribution is 2.29. The Morgan fingerprint density at radius 3 is 2.38 bits per heavy atom. The molecule has 3 rings (SSSR count). The Balaban J connectivity index is 1.39. The summed E-state index contributed by atoms with van der Waals surface area (Å²) in [4.78, 5) is 2.71. The largest absolute Gasteiger partial charge is 0.315 e. The van der Waals surface area contributed by atoms with Crippen LogP contribution < -0.4 is 10.6 Å². The zero-order chi connectivity index (χ0) is 10.8. The van der Waals surface area contributed by atoms with Crippen molar-refractivity contribution in [1.82, 2.24) is 15.5 Å². The molecule has 0 spiro atoms. The molecule has 0 bridgehead atoms. The predicted molar refractivity (Wildman–Crippen MR) is 66.6 cm³/mol. The summed E-state index contributed by atoms with van der Waals surface area (Å²) in [5.41, 5.74) is 0. The number of nitrogens with zero attached hydrogens (tertiary/aromatic N) is 1. The first-order valence-electron chi connectivity index (χ1n) is 7.12. The average molecular weight is 223 g/mol. The molecular formula is C13H25N3. The zero-order valence-corrected chi connectivity index (χ0v) is 10.3. The first-order valence-corrected chi connectivity index (χ1v) is 7.12. The van der Waals surface area contributed by atoms with Crippen LogP contribution in [0.2, 0.25) is 0 Å². The van der Waals surface area contributed by atoms with E-state index < -0.39 is 0 Å². The summed E-state index contributed by atoms with van der Waals surface area (Å²) in [6.45, 7) is 5.08. The maximum absolute atomic E-state index is 3.85.